The highest BCUT2D eigenvalue weighted by molar-refractivity contribution is 7.89. The Morgan fingerprint density at radius 3 is 2.76 bits per heavy atom. The first-order valence-corrected chi connectivity index (χ1v) is 7.85. The van der Waals surface area contributed by atoms with Crippen LogP contribution < -0.4 is 4.72 Å². The second-order valence-electron chi connectivity index (χ2n) is 4.60. The summed E-state index contributed by atoms with van der Waals surface area (Å²) in [6.07, 6.45) is 1.77. The van der Waals surface area contributed by atoms with Gasteiger partial charge in [-0.2, -0.15) is 0 Å². The Morgan fingerprint density at radius 2 is 2.00 bits per heavy atom. The van der Waals surface area contributed by atoms with Gasteiger partial charge in [0.25, 0.3) is 0 Å². The number of aryl methyl sites for hydroxylation is 1. The van der Waals surface area contributed by atoms with Crippen molar-refractivity contribution < 1.29 is 8.42 Å². The van der Waals surface area contributed by atoms with E-state index < -0.39 is 10.0 Å². The fourth-order valence-corrected chi connectivity index (χ4v) is 2.93. The van der Waals surface area contributed by atoms with Crippen molar-refractivity contribution in [1.29, 1.82) is 0 Å². The molecule has 2 heterocycles. The minimum Gasteiger partial charge on any atom is -0.345 e. The Morgan fingerprint density at radius 1 is 1.19 bits per heavy atom. The summed E-state index contributed by atoms with van der Waals surface area (Å²) in [5.74, 6) is 0. The summed E-state index contributed by atoms with van der Waals surface area (Å²) < 4.78 is 26.1. The third-order valence-corrected chi connectivity index (χ3v) is 4.66. The number of sulfonamides is 1. The van der Waals surface area contributed by atoms with Crippen LogP contribution in [0.5, 0.6) is 0 Å². The van der Waals surface area contributed by atoms with E-state index in [9.17, 15) is 8.42 Å². The Hall–Kier alpha value is -2.25. The molecule has 108 valence electrons. The fraction of sp³-hybridized carbons (Fsp3) is 0.143. The van der Waals surface area contributed by atoms with Crippen molar-refractivity contribution in [3.05, 3.63) is 42.2 Å². The normalized spacial score (nSPS) is 11.9. The number of benzene rings is 1. The van der Waals surface area contributed by atoms with E-state index in [2.05, 4.69) is 19.7 Å². The SMILES string of the molecule is CNS(=O)(=O)c1cccc(-c2nc3cc[nH]c3nc2C)c1. The maximum absolute atomic E-state index is 11.9. The average molecular weight is 302 g/mol. The molecule has 2 N–H and O–H groups in total. The highest BCUT2D eigenvalue weighted by Crippen LogP contribution is 2.24. The van der Waals surface area contributed by atoms with Crippen LogP contribution in [0.1, 0.15) is 5.69 Å². The van der Waals surface area contributed by atoms with Gasteiger partial charge in [0.05, 0.1) is 16.3 Å². The van der Waals surface area contributed by atoms with Crippen LogP contribution in [0.2, 0.25) is 0 Å². The number of fused-ring (bicyclic) bond motifs is 1. The lowest BCUT2D eigenvalue weighted by Crippen LogP contribution is -2.18. The van der Waals surface area contributed by atoms with E-state index in [1.165, 1.54) is 7.05 Å². The van der Waals surface area contributed by atoms with Crippen molar-refractivity contribution in [3.63, 3.8) is 0 Å². The summed E-state index contributed by atoms with van der Waals surface area (Å²) >= 11 is 0. The molecule has 0 unspecified atom stereocenters. The van der Waals surface area contributed by atoms with E-state index in [-0.39, 0.29) is 4.90 Å². The summed E-state index contributed by atoms with van der Waals surface area (Å²) in [7, 11) is -2.09. The molecule has 0 spiro atoms. The van der Waals surface area contributed by atoms with Crippen molar-refractivity contribution in [2.24, 2.45) is 0 Å². The zero-order chi connectivity index (χ0) is 15.0. The second-order valence-corrected chi connectivity index (χ2v) is 6.49. The Bertz CT molecular complexity index is 916. The lowest BCUT2D eigenvalue weighted by atomic mass is 10.1. The van der Waals surface area contributed by atoms with Crippen molar-refractivity contribution in [2.45, 2.75) is 11.8 Å². The van der Waals surface area contributed by atoms with E-state index in [1.54, 1.807) is 24.4 Å². The molecule has 21 heavy (non-hydrogen) atoms. The van der Waals surface area contributed by atoms with Crippen LogP contribution in [0.25, 0.3) is 22.4 Å². The molecule has 0 fully saturated rings. The number of nitrogens with one attached hydrogen (secondary N) is 2. The number of aromatic nitrogens is 3. The van der Waals surface area contributed by atoms with E-state index in [1.807, 2.05) is 19.1 Å². The molecule has 0 saturated carbocycles. The number of nitrogens with zero attached hydrogens (tertiary/aromatic N) is 2. The molecule has 1 aromatic carbocycles. The van der Waals surface area contributed by atoms with Gasteiger partial charge in [0.15, 0.2) is 5.65 Å². The summed E-state index contributed by atoms with van der Waals surface area (Å²) in [6.45, 7) is 1.85. The van der Waals surface area contributed by atoms with E-state index in [0.29, 0.717) is 5.69 Å². The first-order chi connectivity index (χ1) is 10.0. The molecule has 2 aromatic heterocycles. The molecular formula is C14H14N4O2S. The smallest absolute Gasteiger partial charge is 0.240 e. The highest BCUT2D eigenvalue weighted by Gasteiger charge is 2.14. The molecule has 0 aliphatic rings. The Labute approximate surface area is 122 Å². The molecule has 7 heteroatoms. The van der Waals surface area contributed by atoms with E-state index in [4.69, 9.17) is 0 Å². The molecule has 0 atom stereocenters. The maximum Gasteiger partial charge on any atom is 0.240 e. The molecule has 3 aromatic rings. The number of hydrogen-bond acceptors (Lipinski definition) is 4. The lowest BCUT2D eigenvalue weighted by molar-refractivity contribution is 0.588. The third-order valence-electron chi connectivity index (χ3n) is 3.24. The topological polar surface area (TPSA) is 87.7 Å². The zero-order valence-corrected chi connectivity index (χ0v) is 12.4. The number of rotatable bonds is 3. The van der Waals surface area contributed by atoms with Gasteiger partial charge in [-0.05, 0) is 32.2 Å². The largest absolute Gasteiger partial charge is 0.345 e. The van der Waals surface area contributed by atoms with Gasteiger partial charge in [-0.1, -0.05) is 12.1 Å². The molecule has 0 radical (unpaired) electrons. The van der Waals surface area contributed by atoms with Crippen molar-refractivity contribution in [1.82, 2.24) is 19.7 Å². The van der Waals surface area contributed by atoms with Crippen molar-refractivity contribution in [3.8, 4) is 11.3 Å². The molecular weight excluding hydrogens is 288 g/mol. The van der Waals surface area contributed by atoms with Crippen LogP contribution in [0, 0.1) is 6.92 Å². The van der Waals surface area contributed by atoms with Crippen molar-refractivity contribution >= 4 is 21.2 Å². The molecule has 6 nitrogen and oxygen atoms in total. The van der Waals surface area contributed by atoms with Gasteiger partial charge in [0.2, 0.25) is 10.0 Å². The monoisotopic (exact) mass is 302 g/mol. The van der Waals surface area contributed by atoms with Gasteiger partial charge in [-0.15, -0.1) is 0 Å². The summed E-state index contributed by atoms with van der Waals surface area (Å²) in [5, 5.41) is 0. The summed E-state index contributed by atoms with van der Waals surface area (Å²) in [4.78, 5) is 12.2. The van der Waals surface area contributed by atoms with Gasteiger partial charge >= 0.3 is 0 Å². The molecule has 0 bridgehead atoms. The first kappa shape index (κ1) is 13.7. The average Bonchev–Trinajstić information content (AvgIpc) is 2.93. The first-order valence-electron chi connectivity index (χ1n) is 6.37. The molecule has 0 saturated heterocycles. The maximum atomic E-state index is 11.9. The minimum absolute atomic E-state index is 0.206. The minimum atomic E-state index is -3.48. The highest BCUT2D eigenvalue weighted by atomic mass is 32.2. The molecule has 0 aliphatic heterocycles. The Kier molecular flexibility index (Phi) is 3.23. The molecule has 0 aliphatic carbocycles. The number of hydrogen-bond donors (Lipinski definition) is 2. The van der Waals surface area contributed by atoms with Crippen LogP contribution in [-0.4, -0.2) is 30.4 Å². The van der Waals surface area contributed by atoms with Gasteiger partial charge in [-0.25, -0.2) is 23.1 Å². The van der Waals surface area contributed by atoms with Gasteiger partial charge < -0.3 is 4.98 Å². The van der Waals surface area contributed by atoms with E-state index in [0.717, 1.165) is 22.4 Å². The van der Waals surface area contributed by atoms with Crippen LogP contribution in [0.4, 0.5) is 0 Å². The van der Waals surface area contributed by atoms with Crippen molar-refractivity contribution in [2.75, 3.05) is 7.05 Å². The van der Waals surface area contributed by atoms with Crippen LogP contribution in [0.15, 0.2) is 41.4 Å². The molecule has 3 rings (SSSR count). The van der Waals surface area contributed by atoms with Gasteiger partial charge in [0, 0.05) is 11.8 Å². The van der Waals surface area contributed by atoms with Gasteiger partial charge in [-0.3, -0.25) is 0 Å². The van der Waals surface area contributed by atoms with Crippen LogP contribution >= 0.6 is 0 Å². The summed E-state index contributed by atoms with van der Waals surface area (Å²) in [5.41, 5.74) is 3.60. The third kappa shape index (κ3) is 2.41. The number of H-pyrrole nitrogens is 1. The second kappa shape index (κ2) is 4.94. The van der Waals surface area contributed by atoms with Gasteiger partial charge in [0.1, 0.15) is 5.52 Å². The predicted octanol–water partition coefficient (Wildman–Crippen LogP) is 1.84. The van der Waals surface area contributed by atoms with Crippen LogP contribution in [-0.2, 0) is 10.0 Å². The molecule has 0 amide bonds. The zero-order valence-electron chi connectivity index (χ0n) is 11.6. The van der Waals surface area contributed by atoms with E-state index >= 15 is 0 Å². The standard InChI is InChI=1S/C14H14N4O2S/c1-9-13(18-12-6-7-16-14(12)17-9)10-4-3-5-11(8-10)21(19,20)15-2/h3-8,15H,1-2H3,(H,16,17). The Balaban J connectivity index is 2.19. The fourth-order valence-electron chi connectivity index (χ4n) is 2.16. The lowest BCUT2D eigenvalue weighted by Gasteiger charge is -2.07. The van der Waals surface area contributed by atoms with Crippen LogP contribution in [0.3, 0.4) is 0 Å². The predicted molar refractivity (Wildman–Crippen MR) is 80.3 cm³/mol. The quantitative estimate of drug-likeness (QED) is 0.773. The number of aromatic amines is 1. The summed E-state index contributed by atoms with van der Waals surface area (Å²) in [6, 6.07) is 8.50.